The van der Waals surface area contributed by atoms with E-state index >= 15 is 0 Å². The summed E-state index contributed by atoms with van der Waals surface area (Å²) < 4.78 is 4.30. The van der Waals surface area contributed by atoms with Crippen molar-refractivity contribution in [2.45, 2.75) is 13.0 Å². The first-order chi connectivity index (χ1) is 6.47. The number of methoxy groups -OCH3 is 1. The smallest absolute Gasteiger partial charge is 0.325 e. The third-order valence-electron chi connectivity index (χ3n) is 1.39. The third kappa shape index (κ3) is 4.96. The molecule has 0 aliphatic rings. The molecule has 0 spiro atoms. The molecule has 0 aromatic carbocycles. The predicted molar refractivity (Wildman–Crippen MR) is 47.2 cm³/mol. The lowest BCUT2D eigenvalue weighted by Crippen LogP contribution is -2.47. The van der Waals surface area contributed by atoms with Crippen LogP contribution in [0.5, 0.6) is 0 Å². The van der Waals surface area contributed by atoms with Gasteiger partial charge in [-0.1, -0.05) is 0 Å². The van der Waals surface area contributed by atoms with Crippen molar-refractivity contribution in [2.24, 2.45) is 5.73 Å². The Morgan fingerprint density at radius 3 is 2.43 bits per heavy atom. The molecule has 0 radical (unpaired) electrons. The van der Waals surface area contributed by atoms with E-state index in [-0.39, 0.29) is 6.54 Å². The van der Waals surface area contributed by atoms with Crippen LogP contribution in [-0.4, -0.2) is 37.6 Å². The van der Waals surface area contributed by atoms with Gasteiger partial charge in [-0.15, -0.1) is 0 Å². The molecule has 3 amide bonds. The van der Waals surface area contributed by atoms with Crippen LogP contribution < -0.4 is 16.4 Å². The molecule has 14 heavy (non-hydrogen) atoms. The molecule has 7 heteroatoms. The highest BCUT2D eigenvalue weighted by Gasteiger charge is 2.14. The van der Waals surface area contributed by atoms with Crippen molar-refractivity contribution in [3.8, 4) is 0 Å². The Kier molecular flexibility index (Phi) is 5.05. The molecule has 1 unspecified atom stereocenters. The highest BCUT2D eigenvalue weighted by atomic mass is 16.5. The maximum absolute atomic E-state index is 11.1. The van der Waals surface area contributed by atoms with E-state index in [0.29, 0.717) is 0 Å². The lowest BCUT2D eigenvalue weighted by atomic mass is 10.3. The minimum atomic E-state index is -0.800. The van der Waals surface area contributed by atoms with E-state index in [1.165, 1.54) is 14.0 Å². The number of hydrogen-bond acceptors (Lipinski definition) is 4. The van der Waals surface area contributed by atoms with Crippen LogP contribution in [-0.2, 0) is 14.3 Å². The number of nitrogens with one attached hydrogen (secondary N) is 2. The van der Waals surface area contributed by atoms with Crippen LogP contribution in [0, 0.1) is 0 Å². The highest BCUT2D eigenvalue weighted by molar-refractivity contribution is 5.88. The molecule has 0 aromatic rings. The lowest BCUT2D eigenvalue weighted by Gasteiger charge is -2.11. The molecule has 0 aromatic heterocycles. The summed E-state index contributed by atoms with van der Waals surface area (Å²) >= 11 is 0. The zero-order valence-electron chi connectivity index (χ0n) is 7.99. The number of amides is 3. The first-order valence-corrected chi connectivity index (χ1v) is 3.88. The van der Waals surface area contributed by atoms with E-state index < -0.39 is 23.9 Å². The minimum absolute atomic E-state index is 0.236. The summed E-state index contributed by atoms with van der Waals surface area (Å²) in [6, 6.07) is -1.58. The third-order valence-corrected chi connectivity index (χ3v) is 1.39. The molecule has 0 bridgehead atoms. The molecule has 7 nitrogen and oxygen atoms in total. The maximum atomic E-state index is 11.1. The van der Waals surface area contributed by atoms with Crippen molar-refractivity contribution >= 4 is 17.9 Å². The van der Waals surface area contributed by atoms with Gasteiger partial charge in [0.25, 0.3) is 0 Å². The van der Waals surface area contributed by atoms with Gasteiger partial charge in [-0.3, -0.25) is 9.59 Å². The van der Waals surface area contributed by atoms with Gasteiger partial charge in [0.05, 0.1) is 7.11 Å². The molecular weight excluding hydrogens is 190 g/mol. The predicted octanol–water partition coefficient (Wildman–Crippen LogP) is -1.67. The summed E-state index contributed by atoms with van der Waals surface area (Å²) in [7, 11) is 1.21. The first-order valence-electron chi connectivity index (χ1n) is 3.88. The molecule has 0 rings (SSSR count). The van der Waals surface area contributed by atoms with Gasteiger partial charge in [0, 0.05) is 0 Å². The monoisotopic (exact) mass is 203 g/mol. The number of esters is 1. The fourth-order valence-corrected chi connectivity index (χ4v) is 0.663. The Labute approximate surface area is 81.0 Å². The SMILES string of the molecule is COC(=O)CNC(=O)C(C)NC(N)=O. The average molecular weight is 203 g/mol. The molecular formula is C7H13N3O4. The van der Waals surface area contributed by atoms with E-state index in [9.17, 15) is 14.4 Å². The fraction of sp³-hybridized carbons (Fsp3) is 0.571. The maximum Gasteiger partial charge on any atom is 0.325 e. The number of rotatable bonds is 4. The fourth-order valence-electron chi connectivity index (χ4n) is 0.663. The number of carbonyl (C=O) groups is 3. The standard InChI is InChI=1S/C7H13N3O4/c1-4(10-7(8)13)6(12)9-3-5(11)14-2/h4H,3H2,1-2H3,(H,9,12)(H3,8,10,13). The van der Waals surface area contributed by atoms with Crippen LogP contribution in [0.2, 0.25) is 0 Å². The summed E-state index contributed by atoms with van der Waals surface area (Å²) in [5.74, 6) is -1.07. The Balaban J connectivity index is 3.84. The summed E-state index contributed by atoms with van der Waals surface area (Å²) in [4.78, 5) is 32.1. The number of primary amides is 1. The molecule has 0 fully saturated rings. The van der Waals surface area contributed by atoms with Crippen LogP contribution in [0.15, 0.2) is 0 Å². The van der Waals surface area contributed by atoms with Gasteiger partial charge in [0.1, 0.15) is 12.6 Å². The molecule has 1 atom stereocenters. The van der Waals surface area contributed by atoms with E-state index in [2.05, 4.69) is 15.4 Å². The summed E-state index contributed by atoms with van der Waals surface area (Å²) in [5, 5.41) is 4.41. The largest absolute Gasteiger partial charge is 0.468 e. The Morgan fingerprint density at radius 1 is 1.43 bits per heavy atom. The second kappa shape index (κ2) is 5.79. The highest BCUT2D eigenvalue weighted by Crippen LogP contribution is 1.81. The molecule has 4 N–H and O–H groups in total. The quantitative estimate of drug-likeness (QED) is 0.474. The van der Waals surface area contributed by atoms with Crippen molar-refractivity contribution < 1.29 is 19.1 Å². The molecule has 80 valence electrons. The van der Waals surface area contributed by atoms with Gasteiger partial charge in [0.2, 0.25) is 5.91 Å². The van der Waals surface area contributed by atoms with Crippen LogP contribution in [0.25, 0.3) is 0 Å². The zero-order chi connectivity index (χ0) is 11.1. The number of urea groups is 1. The van der Waals surface area contributed by atoms with E-state index in [1.807, 2.05) is 0 Å². The second-order valence-electron chi connectivity index (χ2n) is 2.52. The van der Waals surface area contributed by atoms with Crippen LogP contribution >= 0.6 is 0 Å². The van der Waals surface area contributed by atoms with Gasteiger partial charge >= 0.3 is 12.0 Å². The number of carbonyl (C=O) groups excluding carboxylic acids is 3. The molecule has 0 saturated heterocycles. The van der Waals surface area contributed by atoms with Crippen molar-refractivity contribution in [1.82, 2.24) is 10.6 Å². The van der Waals surface area contributed by atoms with Gasteiger partial charge in [0.15, 0.2) is 0 Å². The number of hydrogen-bond donors (Lipinski definition) is 3. The van der Waals surface area contributed by atoms with Gasteiger partial charge < -0.3 is 21.1 Å². The average Bonchev–Trinajstić information content (AvgIpc) is 2.12. The number of ether oxygens (including phenoxy) is 1. The van der Waals surface area contributed by atoms with E-state index in [0.717, 1.165) is 0 Å². The van der Waals surface area contributed by atoms with Crippen LogP contribution in [0.1, 0.15) is 6.92 Å². The molecule has 0 heterocycles. The van der Waals surface area contributed by atoms with Crippen molar-refractivity contribution in [1.29, 1.82) is 0 Å². The summed E-state index contributed by atoms with van der Waals surface area (Å²) in [6.07, 6.45) is 0. The van der Waals surface area contributed by atoms with Gasteiger partial charge in [-0.25, -0.2) is 4.79 Å². The normalized spacial score (nSPS) is 11.3. The first kappa shape index (κ1) is 12.2. The second-order valence-corrected chi connectivity index (χ2v) is 2.52. The van der Waals surface area contributed by atoms with E-state index in [1.54, 1.807) is 0 Å². The summed E-state index contributed by atoms with van der Waals surface area (Å²) in [5.41, 5.74) is 4.79. The van der Waals surface area contributed by atoms with Crippen molar-refractivity contribution in [3.05, 3.63) is 0 Å². The van der Waals surface area contributed by atoms with Gasteiger partial charge in [-0.05, 0) is 6.92 Å². The minimum Gasteiger partial charge on any atom is -0.468 e. The number of nitrogens with two attached hydrogens (primary N) is 1. The van der Waals surface area contributed by atoms with E-state index in [4.69, 9.17) is 5.73 Å². The molecule has 0 aliphatic carbocycles. The topological polar surface area (TPSA) is 111 Å². The van der Waals surface area contributed by atoms with Crippen LogP contribution in [0.3, 0.4) is 0 Å². The van der Waals surface area contributed by atoms with Gasteiger partial charge in [-0.2, -0.15) is 0 Å². The zero-order valence-corrected chi connectivity index (χ0v) is 7.99. The Bertz CT molecular complexity index is 241. The van der Waals surface area contributed by atoms with Crippen molar-refractivity contribution in [3.63, 3.8) is 0 Å². The molecule has 0 saturated carbocycles. The van der Waals surface area contributed by atoms with Crippen molar-refractivity contribution in [2.75, 3.05) is 13.7 Å². The Morgan fingerprint density at radius 2 is 2.00 bits per heavy atom. The molecule has 0 aliphatic heterocycles. The van der Waals surface area contributed by atoms with Crippen LogP contribution in [0.4, 0.5) is 4.79 Å². The Hall–Kier alpha value is -1.79. The lowest BCUT2D eigenvalue weighted by molar-refractivity contribution is -0.141. The summed E-state index contributed by atoms with van der Waals surface area (Å²) in [6.45, 7) is 1.21.